The van der Waals surface area contributed by atoms with Crippen LogP contribution in [0.25, 0.3) is 10.9 Å². The van der Waals surface area contributed by atoms with E-state index in [2.05, 4.69) is 15.6 Å². The Kier molecular flexibility index (Phi) is 10.5. The Morgan fingerprint density at radius 2 is 1.81 bits per heavy atom. The molecule has 14 nitrogen and oxygen atoms in total. The summed E-state index contributed by atoms with van der Waals surface area (Å²) in [5, 5.41) is 6.20. The number of hydrogen-bond acceptors (Lipinski definition) is 7. The third-order valence-electron chi connectivity index (χ3n) is 9.58. The molecule has 0 bridgehead atoms. The van der Waals surface area contributed by atoms with Gasteiger partial charge in [0.05, 0.1) is 24.4 Å². The van der Waals surface area contributed by atoms with Crippen LogP contribution in [-0.4, -0.2) is 68.2 Å². The van der Waals surface area contributed by atoms with Gasteiger partial charge in [-0.25, -0.2) is 0 Å². The predicted octanol–water partition coefficient (Wildman–Crippen LogP) is 3.15. The third kappa shape index (κ3) is 7.85. The first-order chi connectivity index (χ1) is 24.7. The van der Waals surface area contributed by atoms with Gasteiger partial charge >= 0.3 is 7.60 Å². The first-order valence-electron chi connectivity index (χ1n) is 16.9. The van der Waals surface area contributed by atoms with Gasteiger partial charge in [-0.15, -0.1) is 0 Å². The summed E-state index contributed by atoms with van der Waals surface area (Å²) in [6.07, 6.45) is 0.711. The first kappa shape index (κ1) is 36.6. The second-order valence-electron chi connectivity index (χ2n) is 13.4. The van der Waals surface area contributed by atoms with Crippen molar-refractivity contribution in [3.05, 3.63) is 100 Å². The van der Waals surface area contributed by atoms with Gasteiger partial charge < -0.3 is 35.9 Å². The van der Waals surface area contributed by atoms with E-state index in [0.717, 1.165) is 22.3 Å². The number of amides is 4. The average Bonchev–Trinajstić information content (AvgIpc) is 3.68. The molecule has 2 aliphatic heterocycles. The lowest BCUT2D eigenvalue weighted by Crippen LogP contribution is -2.56. The van der Waals surface area contributed by atoms with Gasteiger partial charge in [0.2, 0.25) is 17.7 Å². The minimum absolute atomic E-state index is 0.0178. The number of para-hydroxylation sites is 1. The molecule has 0 saturated carbocycles. The van der Waals surface area contributed by atoms with Gasteiger partial charge in [0.15, 0.2) is 0 Å². The second kappa shape index (κ2) is 14.8. The number of H-pyrrole nitrogens is 1. The Labute approximate surface area is 299 Å². The Morgan fingerprint density at radius 3 is 2.54 bits per heavy atom. The maximum atomic E-state index is 14.3. The van der Waals surface area contributed by atoms with E-state index in [9.17, 15) is 38.3 Å². The Bertz CT molecular complexity index is 2130. The number of nitrogens with zero attached hydrogens (tertiary/aromatic N) is 1. The maximum Gasteiger partial charge on any atom is 0.396 e. The number of carbonyl (C=O) groups excluding carboxylic acids is 5. The molecule has 1 aromatic heterocycles. The fraction of sp³-hybridized carbons (Fsp3) is 0.324. The molecule has 52 heavy (non-hydrogen) atoms. The van der Waals surface area contributed by atoms with Crippen molar-refractivity contribution >= 4 is 53.3 Å². The zero-order valence-corrected chi connectivity index (χ0v) is 29.5. The normalized spacial score (nSPS) is 18.0. The highest BCUT2D eigenvalue weighted by Gasteiger charge is 2.44. The topological polar surface area (TPSA) is 221 Å². The van der Waals surface area contributed by atoms with E-state index in [1.807, 2.05) is 56.3 Å². The fourth-order valence-corrected chi connectivity index (χ4v) is 7.39. The number of nitrogens with two attached hydrogens (primary N) is 1. The molecule has 15 heteroatoms. The number of aromatic amines is 1. The van der Waals surface area contributed by atoms with Crippen molar-refractivity contribution in [3.63, 3.8) is 0 Å². The number of benzene rings is 3. The summed E-state index contributed by atoms with van der Waals surface area (Å²) in [7, 11) is -5.01. The Morgan fingerprint density at radius 1 is 1.06 bits per heavy atom. The van der Waals surface area contributed by atoms with Crippen molar-refractivity contribution in [2.75, 3.05) is 4.90 Å². The summed E-state index contributed by atoms with van der Waals surface area (Å²) in [6, 6.07) is 16.4. The Balaban J connectivity index is 1.20. The van der Waals surface area contributed by atoms with Crippen LogP contribution in [0.1, 0.15) is 69.3 Å². The van der Waals surface area contributed by atoms with Crippen LogP contribution in [-0.2, 0) is 43.1 Å². The van der Waals surface area contributed by atoms with E-state index in [4.69, 9.17) is 10.5 Å². The standard InChI is InChI=1S/C37H40N5O9P/c1-20-5-3-6-22(15-20)19-51-21(2)27(13-14-32(38)43)40-35(45)31-18-24-8-4-7-23-9-12-29(36(46)42(31)33(23)24)41-34(44)30-17-26-16-25(10-11-28(26)39-30)37(47)52(48,49)50/h3-8,10-11,15-17,21,27,29,31,39H,9,12-14,18-19H2,1-2H3,(H2,38,43)(H,40,45)(H,41,44)(H2,48,49,50)/t21-,27+,29+,31+/m1/s1. The van der Waals surface area contributed by atoms with Gasteiger partial charge in [0.1, 0.15) is 17.8 Å². The zero-order valence-electron chi connectivity index (χ0n) is 28.6. The molecule has 4 atom stereocenters. The van der Waals surface area contributed by atoms with Crippen molar-refractivity contribution in [1.82, 2.24) is 15.6 Å². The highest BCUT2D eigenvalue weighted by atomic mass is 31.2. The smallest absolute Gasteiger partial charge is 0.372 e. The lowest BCUT2D eigenvalue weighted by Gasteiger charge is -2.31. The number of hydrogen-bond donors (Lipinski definition) is 6. The summed E-state index contributed by atoms with van der Waals surface area (Å²) < 4.78 is 17.6. The number of ether oxygens (including phenoxy) is 1. The van der Waals surface area contributed by atoms with Gasteiger partial charge in [0, 0.05) is 29.3 Å². The van der Waals surface area contributed by atoms with Crippen molar-refractivity contribution in [3.8, 4) is 0 Å². The molecule has 0 aliphatic carbocycles. The summed E-state index contributed by atoms with van der Waals surface area (Å²) >= 11 is 0. The van der Waals surface area contributed by atoms with Crippen LogP contribution in [0.4, 0.5) is 5.69 Å². The molecule has 6 rings (SSSR count). The van der Waals surface area contributed by atoms with E-state index in [1.54, 1.807) is 0 Å². The number of rotatable bonds is 13. The van der Waals surface area contributed by atoms with Gasteiger partial charge in [-0.2, -0.15) is 0 Å². The number of primary amides is 1. The lowest BCUT2D eigenvalue weighted by atomic mass is 10.0. The largest absolute Gasteiger partial charge is 0.396 e. The van der Waals surface area contributed by atoms with Gasteiger partial charge in [-0.3, -0.25) is 33.4 Å². The number of fused-ring (bicyclic) bond motifs is 1. The van der Waals surface area contributed by atoms with Gasteiger partial charge in [0.25, 0.3) is 11.4 Å². The molecular formula is C37H40N5O9P. The van der Waals surface area contributed by atoms with Crippen LogP contribution >= 0.6 is 7.60 Å². The van der Waals surface area contributed by atoms with Crippen molar-refractivity contribution in [1.29, 1.82) is 0 Å². The molecule has 0 saturated heterocycles. The van der Waals surface area contributed by atoms with Crippen molar-refractivity contribution < 1.29 is 43.1 Å². The molecule has 0 radical (unpaired) electrons. The molecule has 4 amide bonds. The lowest BCUT2D eigenvalue weighted by molar-refractivity contribution is -0.128. The summed E-state index contributed by atoms with van der Waals surface area (Å²) in [5.74, 6) is -2.02. The highest BCUT2D eigenvalue weighted by Crippen LogP contribution is 2.40. The first-order valence-corrected chi connectivity index (χ1v) is 18.5. The second-order valence-corrected chi connectivity index (χ2v) is 14.9. The third-order valence-corrected chi connectivity index (χ3v) is 10.4. The SMILES string of the molecule is Cc1cccc(CO[C@H](C)[C@H](CCC(N)=O)NC(=O)[C@@H]2Cc3cccc4c3N2C(=O)[C@@H](NC(=O)c2cc3cc(C(=O)P(=O)(O)O)ccc3[nH]2)CC4)c1. The zero-order chi connectivity index (χ0) is 37.3. The molecule has 3 heterocycles. The van der Waals surface area contributed by atoms with Crippen LogP contribution in [0.15, 0.2) is 66.7 Å². The number of aryl methyl sites for hydroxylation is 2. The van der Waals surface area contributed by atoms with Crippen LogP contribution in [0.3, 0.4) is 0 Å². The molecule has 0 unspecified atom stereocenters. The number of carbonyl (C=O) groups is 5. The summed E-state index contributed by atoms with van der Waals surface area (Å²) in [5.41, 5.74) is 8.81. The number of aromatic nitrogens is 1. The molecule has 0 spiro atoms. The number of nitrogens with one attached hydrogen (secondary N) is 3. The van der Waals surface area contributed by atoms with Gasteiger partial charge in [-0.1, -0.05) is 48.0 Å². The van der Waals surface area contributed by atoms with Crippen molar-refractivity contribution in [2.45, 2.75) is 76.8 Å². The molecule has 4 aromatic rings. The molecular weight excluding hydrogens is 689 g/mol. The van der Waals surface area contributed by atoms with E-state index in [-0.39, 0.29) is 36.9 Å². The number of anilines is 1. The van der Waals surface area contributed by atoms with Gasteiger partial charge in [-0.05, 0) is 74.1 Å². The monoisotopic (exact) mass is 729 g/mol. The fourth-order valence-electron chi connectivity index (χ4n) is 6.91. The molecule has 272 valence electrons. The molecule has 0 fully saturated rings. The van der Waals surface area contributed by atoms with E-state index < -0.39 is 61.0 Å². The molecule has 7 N–H and O–H groups in total. The summed E-state index contributed by atoms with van der Waals surface area (Å²) in [6.45, 7) is 4.08. The minimum atomic E-state index is -5.01. The maximum absolute atomic E-state index is 14.3. The molecule has 3 aromatic carbocycles. The quantitative estimate of drug-likeness (QED) is 0.111. The van der Waals surface area contributed by atoms with Crippen molar-refractivity contribution in [2.24, 2.45) is 5.73 Å². The predicted molar refractivity (Wildman–Crippen MR) is 191 cm³/mol. The van der Waals surface area contributed by atoms with E-state index in [0.29, 0.717) is 29.6 Å². The highest BCUT2D eigenvalue weighted by molar-refractivity contribution is 7.70. The van der Waals surface area contributed by atoms with Crippen LogP contribution in [0.2, 0.25) is 0 Å². The van der Waals surface area contributed by atoms with Crippen LogP contribution < -0.4 is 21.3 Å². The van der Waals surface area contributed by atoms with E-state index in [1.165, 1.54) is 29.2 Å². The average molecular weight is 730 g/mol. The Hall–Kier alpha value is -5.14. The van der Waals surface area contributed by atoms with Crippen LogP contribution in [0.5, 0.6) is 0 Å². The minimum Gasteiger partial charge on any atom is -0.372 e. The van der Waals surface area contributed by atoms with E-state index >= 15 is 0 Å². The summed E-state index contributed by atoms with van der Waals surface area (Å²) in [4.78, 5) is 88.7. The molecule has 2 aliphatic rings. The van der Waals surface area contributed by atoms with Crippen LogP contribution in [0, 0.1) is 6.92 Å².